The van der Waals surface area contributed by atoms with Crippen molar-refractivity contribution in [1.29, 1.82) is 0 Å². The van der Waals surface area contributed by atoms with Crippen molar-refractivity contribution in [2.75, 3.05) is 0 Å². The van der Waals surface area contributed by atoms with Crippen LogP contribution in [0, 0.1) is 12.9 Å². The number of fused-ring (bicyclic) bond motifs is 1. The van der Waals surface area contributed by atoms with Crippen molar-refractivity contribution < 1.29 is 9.18 Å². The molecule has 1 amide bonds. The Morgan fingerprint density at radius 2 is 2.04 bits per heavy atom. The average molecular weight is 430 g/mol. The van der Waals surface area contributed by atoms with Gasteiger partial charge < -0.3 is 4.90 Å². The third-order valence-electron chi connectivity index (χ3n) is 4.76. The van der Waals surface area contributed by atoms with E-state index in [1.807, 2.05) is 43.9 Å². The zero-order chi connectivity index (χ0) is 19.3. The van der Waals surface area contributed by atoms with Gasteiger partial charge in [-0.25, -0.2) is 9.67 Å². The van der Waals surface area contributed by atoms with E-state index in [-0.39, 0.29) is 11.9 Å². The summed E-state index contributed by atoms with van der Waals surface area (Å²) in [5.74, 6) is -0.530. The molecule has 3 heterocycles. The fourth-order valence-electron chi connectivity index (χ4n) is 3.30. The second kappa shape index (κ2) is 6.53. The van der Waals surface area contributed by atoms with Crippen LogP contribution in [0.3, 0.4) is 0 Å². The van der Waals surface area contributed by atoms with Crippen LogP contribution in [0.15, 0.2) is 34.9 Å². The fraction of sp³-hybridized carbons (Fsp3) is 0.263. The number of hydrogen-bond acceptors (Lipinski definition) is 4. The second-order valence-electron chi connectivity index (χ2n) is 6.79. The number of rotatable bonds is 3. The molecule has 0 radical (unpaired) electrons. The normalized spacial score (nSPS) is 13.6. The molecule has 0 unspecified atom stereocenters. The van der Waals surface area contributed by atoms with Crippen molar-refractivity contribution in [2.45, 2.75) is 33.4 Å². The molecule has 2 aromatic heterocycles. The molecular weight excluding hydrogens is 413 g/mol. The van der Waals surface area contributed by atoms with E-state index in [4.69, 9.17) is 0 Å². The summed E-state index contributed by atoms with van der Waals surface area (Å²) in [7, 11) is 0. The van der Waals surface area contributed by atoms with E-state index < -0.39 is 5.95 Å². The molecule has 0 fully saturated rings. The Labute approximate surface area is 164 Å². The van der Waals surface area contributed by atoms with Gasteiger partial charge in [0, 0.05) is 36.0 Å². The molecule has 138 valence electrons. The molecular formula is C19H17BrFN5O. The molecule has 1 aromatic carbocycles. The minimum absolute atomic E-state index is 0.0584. The zero-order valence-corrected chi connectivity index (χ0v) is 16.7. The molecule has 0 N–H and O–H groups in total. The molecule has 1 aliphatic heterocycles. The molecule has 0 saturated carbocycles. The van der Waals surface area contributed by atoms with Crippen LogP contribution in [0.5, 0.6) is 0 Å². The lowest BCUT2D eigenvalue weighted by atomic mass is 10.0. The molecule has 8 heteroatoms. The number of carbonyl (C=O) groups excluding carboxylic acids is 1. The lowest BCUT2D eigenvalue weighted by Crippen LogP contribution is -2.30. The summed E-state index contributed by atoms with van der Waals surface area (Å²) < 4.78 is 15.7. The predicted molar refractivity (Wildman–Crippen MR) is 102 cm³/mol. The molecule has 0 saturated heterocycles. The topological polar surface area (TPSA) is 63.9 Å². The van der Waals surface area contributed by atoms with E-state index in [0.717, 1.165) is 22.4 Å². The molecule has 0 bridgehead atoms. The minimum atomic E-state index is -0.588. The van der Waals surface area contributed by atoms with E-state index in [1.54, 1.807) is 4.68 Å². The molecule has 0 spiro atoms. The van der Waals surface area contributed by atoms with E-state index in [0.29, 0.717) is 22.4 Å². The first-order chi connectivity index (χ1) is 12.9. The van der Waals surface area contributed by atoms with Crippen molar-refractivity contribution in [3.05, 3.63) is 57.7 Å². The molecule has 6 nitrogen and oxygen atoms in total. The largest absolute Gasteiger partial charge is 0.332 e. The summed E-state index contributed by atoms with van der Waals surface area (Å²) in [6, 6.07) is 7.16. The number of hydrogen-bond donors (Lipinski definition) is 0. The maximum atomic E-state index is 13.6. The van der Waals surface area contributed by atoms with Gasteiger partial charge in [-0.05, 0) is 54.4 Å². The summed E-state index contributed by atoms with van der Waals surface area (Å²) in [5, 5.41) is 8.46. The van der Waals surface area contributed by atoms with E-state index in [1.165, 1.54) is 12.3 Å². The summed E-state index contributed by atoms with van der Waals surface area (Å²) >= 11 is 3.37. The Morgan fingerprint density at radius 1 is 1.26 bits per heavy atom. The predicted octanol–water partition coefficient (Wildman–Crippen LogP) is 3.90. The standard InChI is InChI=1S/C19H17BrFN5O/c1-10(2)25-9-13-6-12(4-5-14(13)19(25)27)18-11(3)26(24-23-18)16-7-17(21)22-8-15(16)20/h4-8,10H,9H2,1-3H3. The van der Waals surface area contributed by atoms with Crippen molar-refractivity contribution in [3.8, 4) is 16.9 Å². The van der Waals surface area contributed by atoms with Gasteiger partial charge in [-0.2, -0.15) is 4.39 Å². The highest BCUT2D eigenvalue weighted by atomic mass is 79.9. The zero-order valence-electron chi connectivity index (χ0n) is 15.1. The maximum Gasteiger partial charge on any atom is 0.254 e. The van der Waals surface area contributed by atoms with Gasteiger partial charge in [0.25, 0.3) is 5.91 Å². The summed E-state index contributed by atoms with van der Waals surface area (Å²) in [4.78, 5) is 17.9. The molecule has 27 heavy (non-hydrogen) atoms. The van der Waals surface area contributed by atoms with Gasteiger partial charge in [0.2, 0.25) is 5.95 Å². The maximum absolute atomic E-state index is 13.6. The molecule has 0 atom stereocenters. The summed E-state index contributed by atoms with van der Waals surface area (Å²) in [6.45, 7) is 6.48. The second-order valence-corrected chi connectivity index (χ2v) is 7.65. The quantitative estimate of drug-likeness (QED) is 0.592. The number of pyridine rings is 1. The Morgan fingerprint density at radius 3 is 2.78 bits per heavy atom. The minimum Gasteiger partial charge on any atom is -0.332 e. The first kappa shape index (κ1) is 17.8. The highest BCUT2D eigenvalue weighted by Gasteiger charge is 2.29. The van der Waals surface area contributed by atoms with Gasteiger partial charge in [-0.15, -0.1) is 5.10 Å². The van der Waals surface area contributed by atoms with Crippen LogP contribution in [-0.2, 0) is 6.54 Å². The molecule has 3 aromatic rings. The van der Waals surface area contributed by atoms with Gasteiger partial charge in [0.15, 0.2) is 0 Å². The van der Waals surface area contributed by atoms with Crippen LogP contribution in [0.25, 0.3) is 16.9 Å². The number of halogens is 2. The van der Waals surface area contributed by atoms with Crippen molar-refractivity contribution in [2.24, 2.45) is 0 Å². The monoisotopic (exact) mass is 429 g/mol. The van der Waals surface area contributed by atoms with Crippen LogP contribution >= 0.6 is 15.9 Å². The SMILES string of the molecule is Cc1c(-c2ccc3c(c2)CN(C(C)C)C3=O)nnn1-c1cc(F)ncc1Br. The smallest absolute Gasteiger partial charge is 0.254 e. The first-order valence-electron chi connectivity index (χ1n) is 8.55. The van der Waals surface area contributed by atoms with Crippen LogP contribution in [0.4, 0.5) is 4.39 Å². The number of nitrogens with zero attached hydrogens (tertiary/aromatic N) is 5. The van der Waals surface area contributed by atoms with Crippen LogP contribution in [-0.4, -0.2) is 36.8 Å². The van der Waals surface area contributed by atoms with Gasteiger partial charge >= 0.3 is 0 Å². The number of benzene rings is 1. The Bertz CT molecular complexity index is 1060. The number of aromatic nitrogens is 4. The Balaban J connectivity index is 1.75. The van der Waals surface area contributed by atoms with Crippen molar-refractivity contribution in [1.82, 2.24) is 24.9 Å². The van der Waals surface area contributed by atoms with Crippen LogP contribution < -0.4 is 0 Å². The van der Waals surface area contributed by atoms with E-state index >= 15 is 0 Å². The first-order valence-corrected chi connectivity index (χ1v) is 9.34. The van der Waals surface area contributed by atoms with Gasteiger partial charge in [0.05, 0.1) is 15.9 Å². The Kier molecular flexibility index (Phi) is 4.30. The number of carbonyl (C=O) groups is 1. The van der Waals surface area contributed by atoms with E-state index in [2.05, 4.69) is 31.2 Å². The fourth-order valence-corrected chi connectivity index (χ4v) is 3.68. The van der Waals surface area contributed by atoms with Gasteiger partial charge in [0.1, 0.15) is 5.69 Å². The molecule has 1 aliphatic rings. The van der Waals surface area contributed by atoms with E-state index in [9.17, 15) is 9.18 Å². The highest BCUT2D eigenvalue weighted by Crippen LogP contribution is 2.31. The van der Waals surface area contributed by atoms with Crippen molar-refractivity contribution in [3.63, 3.8) is 0 Å². The average Bonchev–Trinajstić information content (AvgIpc) is 3.17. The lowest BCUT2D eigenvalue weighted by Gasteiger charge is -2.19. The lowest BCUT2D eigenvalue weighted by molar-refractivity contribution is 0.0730. The summed E-state index contributed by atoms with van der Waals surface area (Å²) in [5.41, 5.74) is 4.58. The third-order valence-corrected chi connectivity index (χ3v) is 5.37. The number of amides is 1. The van der Waals surface area contributed by atoms with Gasteiger partial charge in [-0.1, -0.05) is 11.3 Å². The Hall–Kier alpha value is -2.61. The molecule has 4 rings (SSSR count). The third kappa shape index (κ3) is 2.93. The summed E-state index contributed by atoms with van der Waals surface area (Å²) in [6.07, 6.45) is 1.40. The van der Waals surface area contributed by atoms with Gasteiger partial charge in [-0.3, -0.25) is 4.79 Å². The van der Waals surface area contributed by atoms with Crippen molar-refractivity contribution >= 4 is 21.8 Å². The molecule has 0 aliphatic carbocycles. The van der Waals surface area contributed by atoms with Crippen LogP contribution in [0.1, 0.15) is 35.5 Å². The highest BCUT2D eigenvalue weighted by molar-refractivity contribution is 9.10. The van der Waals surface area contributed by atoms with Crippen LogP contribution in [0.2, 0.25) is 0 Å².